The zero-order valence-electron chi connectivity index (χ0n) is 19.5. The van der Waals surface area contributed by atoms with Crippen LogP contribution in [0.2, 0.25) is 0 Å². The number of amides is 1. The summed E-state index contributed by atoms with van der Waals surface area (Å²) < 4.78 is 5.34. The van der Waals surface area contributed by atoms with Crippen LogP contribution in [-0.4, -0.2) is 78.4 Å². The standard InChI is InChI=1S/C24H33N7O2/c1-3-30-17-28(2)21-16-25-24(27-22(21)31(30)20-6-4-5-7-20)26-19-10-8-18(9-11-19)23(32)29-12-14-33-15-13-29/h8-11,16,20H,3-7,12-15,17H2,1-2H3,(H,25,26,27). The minimum Gasteiger partial charge on any atom is -0.378 e. The van der Waals surface area contributed by atoms with Gasteiger partial charge < -0.3 is 19.9 Å². The van der Waals surface area contributed by atoms with Gasteiger partial charge in [-0.15, -0.1) is 0 Å². The van der Waals surface area contributed by atoms with Crippen molar-refractivity contribution in [2.75, 3.05) is 61.8 Å². The first-order valence-corrected chi connectivity index (χ1v) is 12.0. The number of carbonyl (C=O) groups is 1. The van der Waals surface area contributed by atoms with Crippen molar-refractivity contribution in [3.8, 4) is 0 Å². The molecule has 3 heterocycles. The van der Waals surface area contributed by atoms with Crippen molar-refractivity contribution in [2.24, 2.45) is 0 Å². The van der Waals surface area contributed by atoms with E-state index in [0.29, 0.717) is 43.9 Å². The maximum Gasteiger partial charge on any atom is 0.254 e. The lowest BCUT2D eigenvalue weighted by Gasteiger charge is -2.46. The molecule has 33 heavy (non-hydrogen) atoms. The van der Waals surface area contributed by atoms with Gasteiger partial charge in [-0.05, 0) is 37.1 Å². The fourth-order valence-corrected chi connectivity index (χ4v) is 4.97. The molecule has 1 aromatic carbocycles. The molecule has 0 unspecified atom stereocenters. The molecule has 0 spiro atoms. The lowest BCUT2D eigenvalue weighted by Crippen LogP contribution is -2.56. The van der Waals surface area contributed by atoms with E-state index in [9.17, 15) is 4.79 Å². The highest BCUT2D eigenvalue weighted by molar-refractivity contribution is 5.94. The average molecular weight is 452 g/mol. The highest BCUT2D eigenvalue weighted by Gasteiger charge is 2.35. The maximum atomic E-state index is 12.7. The van der Waals surface area contributed by atoms with Gasteiger partial charge in [-0.3, -0.25) is 9.80 Å². The Bertz CT molecular complexity index is 971. The summed E-state index contributed by atoms with van der Waals surface area (Å²) in [6, 6.07) is 8.03. The third-order valence-electron chi connectivity index (χ3n) is 6.78. The summed E-state index contributed by atoms with van der Waals surface area (Å²) >= 11 is 0. The van der Waals surface area contributed by atoms with E-state index in [2.05, 4.69) is 39.2 Å². The molecule has 2 aromatic rings. The van der Waals surface area contributed by atoms with E-state index in [-0.39, 0.29) is 5.91 Å². The van der Waals surface area contributed by atoms with E-state index in [1.54, 1.807) is 0 Å². The molecule has 2 aliphatic heterocycles. The minimum atomic E-state index is 0.0461. The lowest BCUT2D eigenvalue weighted by molar-refractivity contribution is 0.0303. The number of carbonyl (C=O) groups excluding carboxylic acids is 1. The van der Waals surface area contributed by atoms with E-state index >= 15 is 0 Å². The van der Waals surface area contributed by atoms with E-state index in [0.717, 1.165) is 30.4 Å². The molecule has 1 saturated heterocycles. The molecule has 1 N–H and O–H groups in total. The van der Waals surface area contributed by atoms with Gasteiger partial charge in [-0.25, -0.2) is 9.99 Å². The second-order valence-electron chi connectivity index (χ2n) is 8.95. The van der Waals surface area contributed by atoms with Crippen molar-refractivity contribution in [2.45, 2.75) is 38.6 Å². The predicted octanol–water partition coefficient (Wildman–Crippen LogP) is 3.09. The number of hydrogen-bond donors (Lipinski definition) is 1. The van der Waals surface area contributed by atoms with Gasteiger partial charge in [0, 0.05) is 44.0 Å². The van der Waals surface area contributed by atoms with Crippen LogP contribution in [0.15, 0.2) is 30.5 Å². The van der Waals surface area contributed by atoms with Crippen LogP contribution >= 0.6 is 0 Å². The zero-order valence-corrected chi connectivity index (χ0v) is 19.5. The molecule has 0 radical (unpaired) electrons. The van der Waals surface area contributed by atoms with Gasteiger partial charge in [0.15, 0.2) is 5.82 Å². The number of anilines is 4. The summed E-state index contributed by atoms with van der Waals surface area (Å²) in [5, 5.41) is 8.11. The quantitative estimate of drug-likeness (QED) is 0.743. The number of benzene rings is 1. The largest absolute Gasteiger partial charge is 0.378 e. The predicted molar refractivity (Wildman–Crippen MR) is 129 cm³/mol. The fraction of sp³-hybridized carbons (Fsp3) is 0.542. The Morgan fingerprint density at radius 3 is 2.58 bits per heavy atom. The molecule has 9 heteroatoms. The molecule has 1 aliphatic carbocycles. The molecule has 0 atom stereocenters. The smallest absolute Gasteiger partial charge is 0.254 e. The van der Waals surface area contributed by atoms with Crippen LogP contribution in [0.25, 0.3) is 0 Å². The van der Waals surface area contributed by atoms with Crippen LogP contribution in [0, 0.1) is 0 Å². The number of hydrogen-bond acceptors (Lipinski definition) is 8. The molecular weight excluding hydrogens is 418 g/mol. The number of aromatic nitrogens is 2. The molecule has 1 saturated carbocycles. The van der Waals surface area contributed by atoms with Gasteiger partial charge >= 0.3 is 0 Å². The monoisotopic (exact) mass is 451 g/mol. The van der Waals surface area contributed by atoms with Crippen LogP contribution in [0.5, 0.6) is 0 Å². The van der Waals surface area contributed by atoms with Crippen LogP contribution in [0.1, 0.15) is 43.0 Å². The molecule has 1 amide bonds. The van der Waals surface area contributed by atoms with E-state index in [1.807, 2.05) is 35.4 Å². The normalized spacial score (nSPS) is 19.6. The summed E-state index contributed by atoms with van der Waals surface area (Å²) in [5.74, 6) is 1.58. The molecule has 5 rings (SSSR count). The maximum absolute atomic E-state index is 12.7. The summed E-state index contributed by atoms with van der Waals surface area (Å²) in [6.07, 6.45) is 6.86. The summed E-state index contributed by atoms with van der Waals surface area (Å²) in [6.45, 7) is 6.46. The van der Waals surface area contributed by atoms with Crippen molar-refractivity contribution in [3.63, 3.8) is 0 Å². The van der Waals surface area contributed by atoms with E-state index < -0.39 is 0 Å². The van der Waals surface area contributed by atoms with Crippen molar-refractivity contribution in [1.82, 2.24) is 19.9 Å². The first-order chi connectivity index (χ1) is 16.1. The number of nitrogens with one attached hydrogen (secondary N) is 1. The van der Waals surface area contributed by atoms with Crippen LogP contribution in [-0.2, 0) is 4.74 Å². The summed E-state index contributed by atoms with van der Waals surface area (Å²) in [4.78, 5) is 26.3. The lowest BCUT2D eigenvalue weighted by atomic mass is 10.1. The third kappa shape index (κ3) is 4.47. The van der Waals surface area contributed by atoms with Crippen molar-refractivity contribution in [3.05, 3.63) is 36.0 Å². The van der Waals surface area contributed by atoms with Crippen molar-refractivity contribution < 1.29 is 9.53 Å². The fourth-order valence-electron chi connectivity index (χ4n) is 4.97. The first-order valence-electron chi connectivity index (χ1n) is 12.0. The second-order valence-corrected chi connectivity index (χ2v) is 8.95. The van der Waals surface area contributed by atoms with Crippen LogP contribution < -0.4 is 15.2 Å². The number of rotatable bonds is 5. The number of fused-ring (bicyclic) bond motifs is 1. The molecule has 3 aliphatic rings. The topological polar surface area (TPSA) is 77.1 Å². The van der Waals surface area contributed by atoms with Crippen molar-refractivity contribution in [1.29, 1.82) is 0 Å². The van der Waals surface area contributed by atoms with Crippen LogP contribution in [0.3, 0.4) is 0 Å². The minimum absolute atomic E-state index is 0.0461. The van der Waals surface area contributed by atoms with Crippen molar-refractivity contribution >= 4 is 29.0 Å². The third-order valence-corrected chi connectivity index (χ3v) is 6.78. The molecule has 0 bridgehead atoms. The Labute approximate surface area is 195 Å². The second kappa shape index (κ2) is 9.52. The number of nitrogens with zero attached hydrogens (tertiary/aromatic N) is 6. The Morgan fingerprint density at radius 2 is 1.88 bits per heavy atom. The average Bonchev–Trinajstić information content (AvgIpc) is 3.39. The van der Waals surface area contributed by atoms with Gasteiger partial charge in [0.2, 0.25) is 5.95 Å². The molecular formula is C24H33N7O2. The van der Waals surface area contributed by atoms with Gasteiger partial charge in [0.05, 0.1) is 26.1 Å². The highest BCUT2D eigenvalue weighted by Crippen LogP contribution is 2.38. The molecule has 9 nitrogen and oxygen atoms in total. The van der Waals surface area contributed by atoms with Gasteiger partial charge in [0.25, 0.3) is 5.91 Å². The van der Waals surface area contributed by atoms with Gasteiger partial charge in [-0.1, -0.05) is 19.8 Å². The van der Waals surface area contributed by atoms with E-state index in [1.165, 1.54) is 25.7 Å². The molecule has 1 aromatic heterocycles. The Hall–Kier alpha value is -2.91. The number of ether oxygens (including phenoxy) is 1. The summed E-state index contributed by atoms with van der Waals surface area (Å²) in [7, 11) is 2.09. The van der Waals surface area contributed by atoms with Gasteiger partial charge in [-0.2, -0.15) is 4.98 Å². The summed E-state index contributed by atoms with van der Waals surface area (Å²) in [5.41, 5.74) is 2.60. The Kier molecular flexibility index (Phi) is 6.32. The zero-order chi connectivity index (χ0) is 22.8. The van der Waals surface area contributed by atoms with E-state index in [4.69, 9.17) is 9.72 Å². The number of morpholine rings is 1. The molecule has 2 fully saturated rings. The Balaban J connectivity index is 1.35. The Morgan fingerprint density at radius 1 is 1.15 bits per heavy atom. The van der Waals surface area contributed by atoms with Crippen LogP contribution in [0.4, 0.5) is 23.1 Å². The first kappa shape index (κ1) is 21.9. The number of hydrazine groups is 1. The van der Waals surface area contributed by atoms with Gasteiger partial charge in [0.1, 0.15) is 5.69 Å². The molecule has 176 valence electrons. The highest BCUT2D eigenvalue weighted by atomic mass is 16.5. The SMILES string of the molecule is CCN1CN(C)c2cnc(Nc3ccc(C(=O)N4CCOCC4)cc3)nc2N1C1CCCC1.